The van der Waals surface area contributed by atoms with Crippen LogP contribution >= 0.6 is 39.1 Å². The van der Waals surface area contributed by atoms with Gasteiger partial charge >= 0.3 is 0 Å². The second kappa shape index (κ2) is 8.26. The van der Waals surface area contributed by atoms with E-state index in [1.165, 1.54) is 6.08 Å². The van der Waals surface area contributed by atoms with Crippen LogP contribution in [0.3, 0.4) is 0 Å². The fourth-order valence-electron chi connectivity index (χ4n) is 1.90. The minimum atomic E-state index is 0.276. The fourth-order valence-corrected chi connectivity index (χ4v) is 2.94. The van der Waals surface area contributed by atoms with Gasteiger partial charge in [0.2, 0.25) is 0 Å². The van der Waals surface area contributed by atoms with Crippen LogP contribution in [0.25, 0.3) is 6.08 Å². The van der Waals surface area contributed by atoms with E-state index in [2.05, 4.69) is 15.9 Å². The first-order valence-corrected chi connectivity index (χ1v) is 8.10. The van der Waals surface area contributed by atoms with Crippen LogP contribution in [0.15, 0.2) is 40.9 Å². The monoisotopic (exact) mass is 411 g/mol. The zero-order chi connectivity index (χ0) is 16.8. The Labute approximate surface area is 153 Å². The summed E-state index contributed by atoms with van der Waals surface area (Å²) in [4.78, 5) is 0. The number of hydrogen-bond acceptors (Lipinski definition) is 3. The van der Waals surface area contributed by atoms with Crippen molar-refractivity contribution in [1.29, 1.82) is 5.26 Å². The molecule has 2 aromatic carbocycles. The van der Waals surface area contributed by atoms with Crippen LogP contribution < -0.4 is 9.47 Å². The predicted octanol–water partition coefficient (Wildman–Crippen LogP) is 5.88. The highest BCUT2D eigenvalue weighted by molar-refractivity contribution is 9.10. The molecular formula is C17H12BrCl2NO2. The van der Waals surface area contributed by atoms with Gasteiger partial charge < -0.3 is 9.47 Å². The second-order valence-electron chi connectivity index (χ2n) is 4.52. The normalized spacial score (nSPS) is 10.6. The third-order valence-electron chi connectivity index (χ3n) is 2.99. The Hall–Kier alpha value is -1.67. The molecule has 0 spiro atoms. The second-order valence-corrected chi connectivity index (χ2v) is 6.22. The van der Waals surface area contributed by atoms with Crippen molar-refractivity contribution in [3.63, 3.8) is 0 Å². The summed E-state index contributed by atoms with van der Waals surface area (Å²) in [5, 5.41) is 9.73. The van der Waals surface area contributed by atoms with E-state index < -0.39 is 0 Å². The Morgan fingerprint density at radius 1 is 1.26 bits per heavy atom. The first kappa shape index (κ1) is 17.7. The summed E-state index contributed by atoms with van der Waals surface area (Å²) in [6.07, 6.45) is 3.09. The molecule has 0 amide bonds. The predicted molar refractivity (Wildman–Crippen MR) is 96.1 cm³/mol. The van der Waals surface area contributed by atoms with Gasteiger partial charge in [-0.3, -0.25) is 0 Å². The molecule has 0 unspecified atom stereocenters. The third-order valence-corrected chi connectivity index (χ3v) is 4.17. The van der Waals surface area contributed by atoms with Crippen molar-refractivity contribution < 1.29 is 9.47 Å². The van der Waals surface area contributed by atoms with Crippen LogP contribution in [0.4, 0.5) is 0 Å². The molecule has 2 rings (SSSR count). The average molecular weight is 413 g/mol. The number of ether oxygens (including phenoxy) is 2. The van der Waals surface area contributed by atoms with Gasteiger partial charge in [-0.1, -0.05) is 29.3 Å². The summed E-state index contributed by atoms with van der Waals surface area (Å²) < 4.78 is 11.9. The van der Waals surface area contributed by atoms with Gasteiger partial charge in [0.1, 0.15) is 6.61 Å². The lowest BCUT2D eigenvalue weighted by Crippen LogP contribution is -1.99. The van der Waals surface area contributed by atoms with Gasteiger partial charge in [-0.05, 0) is 51.8 Å². The SMILES string of the molecule is COc1cc(C=CC#N)cc(Br)c1OCc1ccc(Cl)cc1Cl. The molecule has 0 aliphatic rings. The summed E-state index contributed by atoms with van der Waals surface area (Å²) in [6, 6.07) is 10.8. The maximum atomic E-state index is 8.61. The molecule has 2 aromatic rings. The van der Waals surface area contributed by atoms with E-state index in [9.17, 15) is 0 Å². The molecule has 118 valence electrons. The highest BCUT2D eigenvalue weighted by Gasteiger charge is 2.12. The molecule has 0 aliphatic heterocycles. The van der Waals surface area contributed by atoms with Crippen molar-refractivity contribution >= 4 is 45.2 Å². The van der Waals surface area contributed by atoms with Crippen molar-refractivity contribution in [2.24, 2.45) is 0 Å². The Kier molecular flexibility index (Phi) is 6.35. The largest absolute Gasteiger partial charge is 0.493 e. The lowest BCUT2D eigenvalue weighted by atomic mass is 10.2. The van der Waals surface area contributed by atoms with Crippen LogP contribution in [0, 0.1) is 11.3 Å². The summed E-state index contributed by atoms with van der Waals surface area (Å²) >= 11 is 15.5. The molecule has 6 heteroatoms. The minimum absolute atomic E-state index is 0.276. The molecule has 0 aliphatic carbocycles. The van der Waals surface area contributed by atoms with Crippen molar-refractivity contribution in [2.45, 2.75) is 6.61 Å². The maximum Gasteiger partial charge on any atom is 0.175 e. The Morgan fingerprint density at radius 2 is 2.04 bits per heavy atom. The zero-order valence-corrected chi connectivity index (χ0v) is 15.2. The standard InChI is InChI=1S/C17H12BrCl2NO2/c1-22-16-8-11(3-2-6-21)7-14(18)17(16)23-10-12-4-5-13(19)9-15(12)20/h2-5,7-9H,10H2,1H3. The van der Waals surface area contributed by atoms with Gasteiger partial charge in [-0.25, -0.2) is 0 Å². The molecule has 0 bridgehead atoms. The number of benzene rings is 2. The molecule has 0 aromatic heterocycles. The maximum absolute atomic E-state index is 8.61. The lowest BCUT2D eigenvalue weighted by Gasteiger charge is -2.14. The molecule has 3 nitrogen and oxygen atoms in total. The van der Waals surface area contributed by atoms with Gasteiger partial charge in [-0.15, -0.1) is 0 Å². The van der Waals surface area contributed by atoms with Crippen LogP contribution in [-0.2, 0) is 6.61 Å². The van der Waals surface area contributed by atoms with Crippen LogP contribution in [-0.4, -0.2) is 7.11 Å². The number of rotatable bonds is 5. The third kappa shape index (κ3) is 4.65. The van der Waals surface area contributed by atoms with E-state index in [1.807, 2.05) is 18.2 Å². The van der Waals surface area contributed by atoms with Crippen molar-refractivity contribution in [3.8, 4) is 17.6 Å². The number of methoxy groups -OCH3 is 1. The quantitative estimate of drug-likeness (QED) is 0.575. The number of allylic oxidation sites excluding steroid dienone is 1. The summed E-state index contributed by atoms with van der Waals surface area (Å²) in [5.41, 5.74) is 1.64. The highest BCUT2D eigenvalue weighted by atomic mass is 79.9. The zero-order valence-electron chi connectivity index (χ0n) is 12.1. The average Bonchev–Trinajstić information content (AvgIpc) is 2.52. The molecule has 0 atom stereocenters. The van der Waals surface area contributed by atoms with E-state index in [4.69, 9.17) is 37.9 Å². The topological polar surface area (TPSA) is 42.2 Å². The fraction of sp³-hybridized carbons (Fsp3) is 0.118. The molecule has 0 heterocycles. The summed E-state index contributed by atoms with van der Waals surface area (Å²) in [7, 11) is 1.56. The van der Waals surface area contributed by atoms with E-state index in [1.54, 1.807) is 31.4 Å². The molecule has 0 saturated carbocycles. The summed E-state index contributed by atoms with van der Waals surface area (Å²) in [6.45, 7) is 0.276. The van der Waals surface area contributed by atoms with Crippen molar-refractivity contribution in [1.82, 2.24) is 0 Å². The number of nitriles is 1. The summed E-state index contributed by atoms with van der Waals surface area (Å²) in [5.74, 6) is 1.12. The van der Waals surface area contributed by atoms with Gasteiger partial charge in [0.05, 0.1) is 17.7 Å². The van der Waals surface area contributed by atoms with E-state index >= 15 is 0 Å². The number of nitrogens with zero attached hydrogens (tertiary/aromatic N) is 1. The van der Waals surface area contributed by atoms with E-state index in [0.717, 1.165) is 15.6 Å². The van der Waals surface area contributed by atoms with Gasteiger partial charge in [0, 0.05) is 21.7 Å². The molecular weight excluding hydrogens is 401 g/mol. The molecule has 0 radical (unpaired) electrons. The lowest BCUT2D eigenvalue weighted by molar-refractivity contribution is 0.282. The molecule has 0 N–H and O–H groups in total. The molecule has 23 heavy (non-hydrogen) atoms. The van der Waals surface area contributed by atoms with Crippen molar-refractivity contribution in [2.75, 3.05) is 7.11 Å². The van der Waals surface area contributed by atoms with Crippen LogP contribution in [0.2, 0.25) is 10.0 Å². The van der Waals surface area contributed by atoms with Gasteiger partial charge in [0.25, 0.3) is 0 Å². The van der Waals surface area contributed by atoms with Crippen LogP contribution in [0.1, 0.15) is 11.1 Å². The minimum Gasteiger partial charge on any atom is -0.493 e. The first-order chi connectivity index (χ1) is 11.0. The molecule has 0 fully saturated rings. The Bertz CT molecular complexity index is 785. The van der Waals surface area contributed by atoms with E-state index in [-0.39, 0.29) is 6.61 Å². The van der Waals surface area contributed by atoms with Gasteiger partial charge in [-0.2, -0.15) is 5.26 Å². The number of hydrogen-bond donors (Lipinski definition) is 0. The Balaban J connectivity index is 2.25. The highest BCUT2D eigenvalue weighted by Crippen LogP contribution is 2.38. The van der Waals surface area contributed by atoms with Crippen molar-refractivity contribution in [3.05, 3.63) is 62.1 Å². The Morgan fingerprint density at radius 3 is 2.70 bits per heavy atom. The number of halogens is 3. The smallest absolute Gasteiger partial charge is 0.175 e. The van der Waals surface area contributed by atoms with Gasteiger partial charge in [0.15, 0.2) is 11.5 Å². The van der Waals surface area contributed by atoms with E-state index in [0.29, 0.717) is 21.5 Å². The molecule has 0 saturated heterocycles. The first-order valence-electron chi connectivity index (χ1n) is 6.55. The van der Waals surface area contributed by atoms with Crippen LogP contribution in [0.5, 0.6) is 11.5 Å².